The minimum atomic E-state index is 0.196. The normalized spacial score (nSPS) is 21.8. The van der Waals surface area contributed by atoms with E-state index in [9.17, 15) is 0 Å². The van der Waals surface area contributed by atoms with Crippen molar-refractivity contribution in [1.29, 1.82) is 0 Å². The van der Waals surface area contributed by atoms with Crippen LogP contribution >= 0.6 is 0 Å². The van der Waals surface area contributed by atoms with Gasteiger partial charge in [-0.3, -0.25) is 4.98 Å². The second kappa shape index (κ2) is 5.02. The van der Waals surface area contributed by atoms with Gasteiger partial charge < -0.3 is 5.73 Å². The molecule has 20 heavy (non-hydrogen) atoms. The number of rotatable bonds is 2. The maximum absolute atomic E-state index is 6.18. The van der Waals surface area contributed by atoms with Crippen molar-refractivity contribution in [1.82, 2.24) is 4.98 Å². The second-order valence-electron chi connectivity index (χ2n) is 6.70. The summed E-state index contributed by atoms with van der Waals surface area (Å²) < 4.78 is 0. The van der Waals surface area contributed by atoms with Crippen LogP contribution in [0.2, 0.25) is 0 Å². The third kappa shape index (κ3) is 2.75. The molecule has 1 unspecified atom stereocenters. The summed E-state index contributed by atoms with van der Waals surface area (Å²) in [5.41, 5.74) is 10.4. The Morgan fingerprint density at radius 2 is 2.05 bits per heavy atom. The van der Waals surface area contributed by atoms with E-state index in [0.29, 0.717) is 5.41 Å². The zero-order chi connectivity index (χ0) is 14.2. The Hall–Kier alpha value is -1.67. The van der Waals surface area contributed by atoms with E-state index in [0.717, 1.165) is 24.8 Å². The van der Waals surface area contributed by atoms with Gasteiger partial charge in [-0.1, -0.05) is 43.7 Å². The van der Waals surface area contributed by atoms with Crippen molar-refractivity contribution in [3.05, 3.63) is 53.7 Å². The van der Waals surface area contributed by atoms with Gasteiger partial charge in [-0.2, -0.15) is 0 Å². The van der Waals surface area contributed by atoms with E-state index in [2.05, 4.69) is 49.2 Å². The number of hydrogen-bond acceptors (Lipinski definition) is 2. The van der Waals surface area contributed by atoms with Gasteiger partial charge in [0.1, 0.15) is 0 Å². The van der Waals surface area contributed by atoms with Crippen molar-refractivity contribution in [3.63, 3.8) is 0 Å². The van der Waals surface area contributed by atoms with E-state index in [1.807, 2.05) is 12.3 Å². The minimum absolute atomic E-state index is 0.196. The maximum Gasteiger partial charge on any atom is 0.0704 e. The van der Waals surface area contributed by atoms with Crippen LogP contribution in [0.5, 0.6) is 0 Å². The van der Waals surface area contributed by atoms with Crippen molar-refractivity contribution in [2.75, 3.05) is 0 Å². The number of hydrogen-bond donors (Lipinski definition) is 1. The number of allylic oxidation sites excluding steroid dienone is 1. The average Bonchev–Trinajstić information content (AvgIpc) is 2.37. The Morgan fingerprint density at radius 3 is 2.85 bits per heavy atom. The summed E-state index contributed by atoms with van der Waals surface area (Å²) in [5.74, 6) is 0. The Kier molecular flexibility index (Phi) is 3.35. The summed E-state index contributed by atoms with van der Waals surface area (Å²) >= 11 is 0. The molecule has 0 spiro atoms. The van der Waals surface area contributed by atoms with E-state index in [1.54, 1.807) is 0 Å². The molecule has 3 rings (SSSR count). The highest BCUT2D eigenvalue weighted by atomic mass is 14.6. The fraction of sp³-hybridized carbons (Fsp3) is 0.389. The molecule has 104 valence electrons. The van der Waals surface area contributed by atoms with E-state index >= 15 is 0 Å². The number of pyridine rings is 1. The Bertz CT molecular complexity index is 650. The van der Waals surface area contributed by atoms with Crippen molar-refractivity contribution in [3.8, 4) is 0 Å². The van der Waals surface area contributed by atoms with E-state index in [-0.39, 0.29) is 6.04 Å². The van der Waals surface area contributed by atoms with Crippen LogP contribution in [-0.4, -0.2) is 11.0 Å². The second-order valence-corrected chi connectivity index (χ2v) is 6.70. The topological polar surface area (TPSA) is 38.9 Å². The standard InChI is InChI=1S/C18H22N2/c1-18(2)11-13(10-15(19)12-18)9-14-7-8-20-17-6-4-3-5-16(14)17/h3-8,10,15H,9,11-12,19H2,1-2H3. The fourth-order valence-corrected chi connectivity index (χ4v) is 3.42. The predicted octanol–water partition coefficient (Wildman–Crippen LogP) is 3.85. The highest BCUT2D eigenvalue weighted by Crippen LogP contribution is 2.36. The molecule has 0 amide bonds. The van der Waals surface area contributed by atoms with Crippen LogP contribution in [-0.2, 0) is 6.42 Å². The summed E-state index contributed by atoms with van der Waals surface area (Å²) in [6, 6.07) is 10.7. The molecule has 2 N–H and O–H groups in total. The predicted molar refractivity (Wildman–Crippen MR) is 84.5 cm³/mol. The lowest BCUT2D eigenvalue weighted by Crippen LogP contribution is -2.31. The molecule has 0 bridgehead atoms. The van der Waals surface area contributed by atoms with Gasteiger partial charge in [0, 0.05) is 17.6 Å². The molecule has 0 aliphatic heterocycles. The first-order valence-corrected chi connectivity index (χ1v) is 7.31. The van der Waals surface area contributed by atoms with Crippen LogP contribution < -0.4 is 5.73 Å². The number of aromatic nitrogens is 1. The van der Waals surface area contributed by atoms with Crippen LogP contribution in [0.1, 0.15) is 32.3 Å². The monoisotopic (exact) mass is 266 g/mol. The molecule has 1 aliphatic rings. The highest BCUT2D eigenvalue weighted by Gasteiger charge is 2.26. The number of benzene rings is 1. The molecule has 0 saturated carbocycles. The molecule has 1 atom stereocenters. The van der Waals surface area contributed by atoms with Crippen LogP contribution in [0.25, 0.3) is 10.9 Å². The molecular formula is C18H22N2. The summed E-state index contributed by atoms with van der Waals surface area (Å²) in [7, 11) is 0. The molecule has 0 radical (unpaired) electrons. The third-order valence-corrected chi connectivity index (χ3v) is 4.10. The number of nitrogens with two attached hydrogens (primary N) is 1. The SMILES string of the molecule is CC1(C)CC(Cc2ccnc3ccccc23)=CC(N)C1. The number of nitrogens with zero attached hydrogens (tertiary/aromatic N) is 1. The van der Waals surface area contributed by atoms with Gasteiger partial charge in [-0.15, -0.1) is 0 Å². The fourth-order valence-electron chi connectivity index (χ4n) is 3.42. The van der Waals surface area contributed by atoms with Gasteiger partial charge in [0.25, 0.3) is 0 Å². The zero-order valence-corrected chi connectivity index (χ0v) is 12.3. The largest absolute Gasteiger partial charge is 0.324 e. The van der Waals surface area contributed by atoms with Gasteiger partial charge in [0.2, 0.25) is 0 Å². The third-order valence-electron chi connectivity index (χ3n) is 4.10. The maximum atomic E-state index is 6.18. The molecule has 1 aromatic heterocycles. The molecular weight excluding hydrogens is 244 g/mol. The summed E-state index contributed by atoms with van der Waals surface area (Å²) in [4.78, 5) is 4.43. The van der Waals surface area contributed by atoms with E-state index in [4.69, 9.17) is 5.73 Å². The van der Waals surface area contributed by atoms with Gasteiger partial charge in [0.05, 0.1) is 5.52 Å². The minimum Gasteiger partial charge on any atom is -0.324 e. The molecule has 1 aliphatic carbocycles. The molecule has 2 heteroatoms. The van der Waals surface area contributed by atoms with Crippen molar-refractivity contribution >= 4 is 10.9 Å². The molecule has 2 nitrogen and oxygen atoms in total. The lowest BCUT2D eigenvalue weighted by Gasteiger charge is -2.33. The molecule has 2 aromatic rings. The quantitative estimate of drug-likeness (QED) is 0.838. The average molecular weight is 266 g/mol. The Labute approximate surface area is 120 Å². The lowest BCUT2D eigenvalue weighted by molar-refractivity contribution is 0.299. The number of para-hydroxylation sites is 1. The molecule has 1 aromatic carbocycles. The Morgan fingerprint density at radius 1 is 1.25 bits per heavy atom. The van der Waals surface area contributed by atoms with Gasteiger partial charge in [-0.25, -0.2) is 0 Å². The lowest BCUT2D eigenvalue weighted by atomic mass is 9.74. The van der Waals surface area contributed by atoms with Crippen LogP contribution in [0.15, 0.2) is 48.2 Å². The zero-order valence-electron chi connectivity index (χ0n) is 12.3. The van der Waals surface area contributed by atoms with Crippen molar-refractivity contribution in [2.45, 2.75) is 39.2 Å². The van der Waals surface area contributed by atoms with E-state index < -0.39 is 0 Å². The summed E-state index contributed by atoms with van der Waals surface area (Å²) in [5, 5.41) is 1.26. The van der Waals surface area contributed by atoms with Gasteiger partial charge in [0.15, 0.2) is 0 Å². The van der Waals surface area contributed by atoms with Crippen LogP contribution in [0.4, 0.5) is 0 Å². The van der Waals surface area contributed by atoms with Crippen LogP contribution in [0.3, 0.4) is 0 Å². The first-order valence-electron chi connectivity index (χ1n) is 7.31. The summed E-state index contributed by atoms with van der Waals surface area (Å²) in [6.07, 6.45) is 7.37. The molecule has 1 heterocycles. The van der Waals surface area contributed by atoms with Crippen molar-refractivity contribution in [2.24, 2.45) is 11.1 Å². The first-order chi connectivity index (χ1) is 9.53. The van der Waals surface area contributed by atoms with Gasteiger partial charge >= 0.3 is 0 Å². The Balaban J connectivity index is 1.94. The summed E-state index contributed by atoms with van der Waals surface area (Å²) in [6.45, 7) is 4.62. The smallest absolute Gasteiger partial charge is 0.0704 e. The van der Waals surface area contributed by atoms with E-state index in [1.165, 1.54) is 16.5 Å². The molecule has 0 fully saturated rings. The first kappa shape index (κ1) is 13.3. The van der Waals surface area contributed by atoms with Gasteiger partial charge in [-0.05, 0) is 42.4 Å². The van der Waals surface area contributed by atoms with Crippen LogP contribution in [0, 0.1) is 5.41 Å². The highest BCUT2D eigenvalue weighted by molar-refractivity contribution is 5.82. The molecule has 0 saturated heterocycles. The number of fused-ring (bicyclic) bond motifs is 1. The van der Waals surface area contributed by atoms with Crippen molar-refractivity contribution < 1.29 is 0 Å².